The number of aromatic nitrogens is 1. The van der Waals surface area contributed by atoms with Gasteiger partial charge in [-0.15, -0.1) is 0 Å². The molecular formula is C24H23N3O3. The van der Waals surface area contributed by atoms with E-state index in [1.54, 1.807) is 29.4 Å². The van der Waals surface area contributed by atoms with Crippen LogP contribution < -0.4 is 10.1 Å². The van der Waals surface area contributed by atoms with Crippen LogP contribution in [0.1, 0.15) is 28.8 Å². The first-order valence-electron chi connectivity index (χ1n) is 9.98. The lowest BCUT2D eigenvalue weighted by atomic mass is 10.1. The standard InChI is InChI=1S/C24H23N3O3/c28-23-12-11-20(26-23)17-27(16-18-6-5-13-25-15-18)24(29)19-7-4-10-22(14-19)30-21-8-2-1-3-9-21/h1-10,13-15,20H,11-12,16-17H2,(H,26,28)/t20-/m0/s1. The molecule has 1 aliphatic rings. The smallest absolute Gasteiger partial charge is 0.254 e. The van der Waals surface area contributed by atoms with Crippen molar-refractivity contribution >= 4 is 11.8 Å². The Balaban J connectivity index is 1.54. The molecule has 1 atom stereocenters. The summed E-state index contributed by atoms with van der Waals surface area (Å²) in [6.45, 7) is 0.867. The molecule has 1 aromatic heterocycles. The van der Waals surface area contributed by atoms with Gasteiger partial charge in [-0.1, -0.05) is 30.3 Å². The van der Waals surface area contributed by atoms with Gasteiger partial charge in [-0.25, -0.2) is 0 Å². The van der Waals surface area contributed by atoms with Crippen molar-refractivity contribution in [1.29, 1.82) is 0 Å². The van der Waals surface area contributed by atoms with Gasteiger partial charge in [-0.05, 0) is 48.4 Å². The maximum absolute atomic E-state index is 13.4. The summed E-state index contributed by atoms with van der Waals surface area (Å²) in [7, 11) is 0. The summed E-state index contributed by atoms with van der Waals surface area (Å²) in [5.74, 6) is 1.23. The lowest BCUT2D eigenvalue weighted by molar-refractivity contribution is -0.119. The highest BCUT2D eigenvalue weighted by atomic mass is 16.5. The molecule has 3 aromatic rings. The molecule has 6 nitrogen and oxygen atoms in total. The monoisotopic (exact) mass is 401 g/mol. The van der Waals surface area contributed by atoms with Gasteiger partial charge in [0, 0.05) is 43.5 Å². The number of hydrogen-bond acceptors (Lipinski definition) is 4. The number of para-hydroxylation sites is 1. The first kappa shape index (κ1) is 19.6. The Labute approximate surface area is 175 Å². The summed E-state index contributed by atoms with van der Waals surface area (Å²) < 4.78 is 5.88. The molecule has 0 saturated carbocycles. The van der Waals surface area contributed by atoms with Crippen molar-refractivity contribution < 1.29 is 14.3 Å². The van der Waals surface area contributed by atoms with Crippen LogP contribution in [0.15, 0.2) is 79.1 Å². The van der Waals surface area contributed by atoms with E-state index in [4.69, 9.17) is 4.74 Å². The fourth-order valence-electron chi connectivity index (χ4n) is 3.51. The van der Waals surface area contributed by atoms with Gasteiger partial charge in [0.1, 0.15) is 11.5 Å². The Morgan fingerprint density at radius 1 is 1.07 bits per heavy atom. The van der Waals surface area contributed by atoms with E-state index in [0.717, 1.165) is 12.0 Å². The van der Waals surface area contributed by atoms with E-state index in [1.807, 2.05) is 54.6 Å². The summed E-state index contributed by atoms with van der Waals surface area (Å²) in [6.07, 6.45) is 4.69. The van der Waals surface area contributed by atoms with Gasteiger partial charge in [0.05, 0.1) is 0 Å². The van der Waals surface area contributed by atoms with Crippen LogP contribution in [0.5, 0.6) is 11.5 Å². The maximum atomic E-state index is 13.4. The van der Waals surface area contributed by atoms with Crippen molar-refractivity contribution in [1.82, 2.24) is 15.2 Å². The fourth-order valence-corrected chi connectivity index (χ4v) is 3.51. The van der Waals surface area contributed by atoms with Crippen molar-refractivity contribution in [3.8, 4) is 11.5 Å². The second kappa shape index (κ2) is 9.22. The van der Waals surface area contributed by atoms with Crippen molar-refractivity contribution in [3.05, 3.63) is 90.3 Å². The first-order chi connectivity index (χ1) is 14.7. The number of rotatable bonds is 7. The number of nitrogens with zero attached hydrogens (tertiary/aromatic N) is 2. The molecule has 2 heterocycles. The zero-order valence-electron chi connectivity index (χ0n) is 16.5. The van der Waals surface area contributed by atoms with Crippen molar-refractivity contribution in [2.45, 2.75) is 25.4 Å². The molecule has 1 saturated heterocycles. The maximum Gasteiger partial charge on any atom is 0.254 e. The molecular weight excluding hydrogens is 378 g/mol. The molecule has 6 heteroatoms. The molecule has 30 heavy (non-hydrogen) atoms. The summed E-state index contributed by atoms with van der Waals surface area (Å²) in [6, 6.07) is 20.4. The number of hydrogen-bond donors (Lipinski definition) is 1. The third kappa shape index (κ3) is 5.03. The highest BCUT2D eigenvalue weighted by molar-refractivity contribution is 5.94. The predicted molar refractivity (Wildman–Crippen MR) is 113 cm³/mol. The van der Waals surface area contributed by atoms with Crippen LogP contribution in [0.4, 0.5) is 0 Å². The molecule has 1 fully saturated rings. The van der Waals surface area contributed by atoms with Crippen LogP contribution in [0.3, 0.4) is 0 Å². The molecule has 0 bridgehead atoms. The summed E-state index contributed by atoms with van der Waals surface area (Å²) in [5, 5.41) is 2.95. The van der Waals surface area contributed by atoms with Gasteiger partial charge in [0.15, 0.2) is 0 Å². The molecule has 2 aromatic carbocycles. The summed E-state index contributed by atoms with van der Waals surface area (Å²) in [4.78, 5) is 30.9. The minimum atomic E-state index is -0.112. The second-order valence-electron chi connectivity index (χ2n) is 7.29. The Hall–Kier alpha value is -3.67. The van der Waals surface area contributed by atoms with Gasteiger partial charge in [0.25, 0.3) is 5.91 Å². The van der Waals surface area contributed by atoms with E-state index >= 15 is 0 Å². The average Bonchev–Trinajstić information content (AvgIpc) is 3.19. The predicted octanol–water partition coefficient (Wildman–Crippen LogP) is 3.79. The highest BCUT2D eigenvalue weighted by Crippen LogP contribution is 2.23. The number of carbonyl (C=O) groups is 2. The molecule has 152 valence electrons. The molecule has 1 N–H and O–H groups in total. The molecule has 0 unspecified atom stereocenters. The third-order valence-corrected chi connectivity index (χ3v) is 4.97. The molecule has 0 spiro atoms. The largest absolute Gasteiger partial charge is 0.457 e. The van der Waals surface area contributed by atoms with Gasteiger partial charge >= 0.3 is 0 Å². The van der Waals surface area contributed by atoms with Crippen molar-refractivity contribution in [2.75, 3.05) is 6.54 Å². The van der Waals surface area contributed by atoms with Crippen LogP contribution in [0.2, 0.25) is 0 Å². The number of pyridine rings is 1. The van der Waals surface area contributed by atoms with Crippen LogP contribution in [0, 0.1) is 0 Å². The number of amides is 2. The Morgan fingerprint density at radius 2 is 1.90 bits per heavy atom. The Morgan fingerprint density at radius 3 is 2.63 bits per heavy atom. The third-order valence-electron chi connectivity index (χ3n) is 4.97. The number of ether oxygens (including phenoxy) is 1. The van der Waals surface area contributed by atoms with Crippen LogP contribution in [-0.4, -0.2) is 34.3 Å². The molecule has 1 aliphatic heterocycles. The van der Waals surface area contributed by atoms with Gasteiger partial charge in [-0.2, -0.15) is 0 Å². The van der Waals surface area contributed by atoms with E-state index in [9.17, 15) is 9.59 Å². The van der Waals surface area contributed by atoms with Gasteiger partial charge in [0.2, 0.25) is 5.91 Å². The average molecular weight is 401 g/mol. The minimum Gasteiger partial charge on any atom is -0.457 e. The van der Waals surface area contributed by atoms with E-state index in [2.05, 4.69) is 10.3 Å². The minimum absolute atomic E-state index is 0.0343. The molecule has 0 aliphatic carbocycles. The SMILES string of the molecule is O=C1CC[C@@H](CN(Cc2cccnc2)C(=O)c2cccc(Oc3ccccc3)c2)N1. The highest BCUT2D eigenvalue weighted by Gasteiger charge is 2.26. The quantitative estimate of drug-likeness (QED) is 0.654. The van der Waals surface area contributed by atoms with E-state index in [-0.39, 0.29) is 17.9 Å². The van der Waals surface area contributed by atoms with Crippen LogP contribution in [0.25, 0.3) is 0 Å². The number of nitrogens with one attached hydrogen (secondary N) is 1. The topological polar surface area (TPSA) is 71.5 Å². The number of benzene rings is 2. The van der Waals surface area contributed by atoms with Gasteiger partial charge < -0.3 is 15.0 Å². The summed E-state index contributed by atoms with van der Waals surface area (Å²) in [5.41, 5.74) is 1.48. The van der Waals surface area contributed by atoms with Crippen LogP contribution >= 0.6 is 0 Å². The number of carbonyl (C=O) groups excluding carboxylic acids is 2. The van der Waals surface area contributed by atoms with Crippen LogP contribution in [-0.2, 0) is 11.3 Å². The van der Waals surface area contributed by atoms with Crippen molar-refractivity contribution in [2.24, 2.45) is 0 Å². The Kier molecular flexibility index (Phi) is 6.03. The van der Waals surface area contributed by atoms with E-state index in [1.165, 1.54) is 0 Å². The first-order valence-corrected chi connectivity index (χ1v) is 9.98. The molecule has 0 radical (unpaired) electrons. The zero-order chi connectivity index (χ0) is 20.8. The fraction of sp³-hybridized carbons (Fsp3) is 0.208. The van der Waals surface area contributed by atoms with Gasteiger partial charge in [-0.3, -0.25) is 14.6 Å². The van der Waals surface area contributed by atoms with E-state index < -0.39 is 0 Å². The summed E-state index contributed by atoms with van der Waals surface area (Å²) >= 11 is 0. The lowest BCUT2D eigenvalue weighted by Gasteiger charge is -2.26. The molecule has 2 amide bonds. The zero-order valence-corrected chi connectivity index (χ0v) is 16.5. The second-order valence-corrected chi connectivity index (χ2v) is 7.29. The van der Waals surface area contributed by atoms with Crippen molar-refractivity contribution in [3.63, 3.8) is 0 Å². The normalized spacial score (nSPS) is 15.5. The lowest BCUT2D eigenvalue weighted by Crippen LogP contribution is -2.41. The van der Waals surface area contributed by atoms with E-state index in [0.29, 0.717) is 36.6 Å². The molecule has 4 rings (SSSR count). The Bertz CT molecular complexity index is 1010.